The Labute approximate surface area is 210 Å². The molecule has 0 saturated heterocycles. The highest BCUT2D eigenvalue weighted by Gasteiger charge is 2.46. The zero-order valence-corrected chi connectivity index (χ0v) is 21.1. The summed E-state index contributed by atoms with van der Waals surface area (Å²) in [6.45, 7) is 10.2. The van der Waals surface area contributed by atoms with E-state index >= 15 is 0 Å². The number of carboxylic acids is 1. The number of nitrogens with zero attached hydrogens (tertiary/aromatic N) is 1. The van der Waals surface area contributed by atoms with Crippen LogP contribution in [0.15, 0.2) is 70.7 Å². The summed E-state index contributed by atoms with van der Waals surface area (Å²) in [7, 11) is 0. The van der Waals surface area contributed by atoms with E-state index in [4.69, 9.17) is 9.15 Å². The van der Waals surface area contributed by atoms with Crippen molar-refractivity contribution in [1.82, 2.24) is 4.90 Å². The molecule has 5 rings (SSSR count). The average molecular weight is 486 g/mol. The molecule has 2 aliphatic rings. The molecular weight excluding hydrogens is 454 g/mol. The third-order valence-electron chi connectivity index (χ3n) is 7.56. The lowest BCUT2D eigenvalue weighted by Gasteiger charge is -2.50. The smallest absolute Gasteiger partial charge is 0.335 e. The molecule has 36 heavy (non-hydrogen) atoms. The van der Waals surface area contributed by atoms with Crippen LogP contribution in [0.3, 0.4) is 0 Å². The lowest BCUT2D eigenvalue weighted by Crippen LogP contribution is -2.48. The number of aromatic carboxylic acids is 1. The van der Waals surface area contributed by atoms with Gasteiger partial charge in [0.2, 0.25) is 0 Å². The molecular formula is C30H31NO5. The van der Waals surface area contributed by atoms with Crippen LogP contribution in [0.2, 0.25) is 0 Å². The van der Waals surface area contributed by atoms with Crippen LogP contribution < -0.4 is 4.74 Å². The molecule has 0 spiro atoms. The third-order valence-corrected chi connectivity index (χ3v) is 7.56. The van der Waals surface area contributed by atoms with Crippen molar-refractivity contribution >= 4 is 28.4 Å². The van der Waals surface area contributed by atoms with Gasteiger partial charge in [-0.3, -0.25) is 4.79 Å². The second-order valence-electron chi connectivity index (χ2n) is 10.4. The van der Waals surface area contributed by atoms with Crippen LogP contribution in [-0.2, 0) is 0 Å². The number of ether oxygens (including phenoxy) is 1. The standard InChI is InChI=1S/C30H31NO5/c1-5-35-23-8-6-7-21-17-24(36-26(21)23)27(32)31-16-14-25-29(2,3)22(13-15-30(25,4)18-31)19-9-11-20(12-10-19)28(33)34/h6-14,17H,5,15-16,18H2,1-4H3,(H,33,34)/t30-/m1/s1. The van der Waals surface area contributed by atoms with Crippen LogP contribution >= 0.6 is 0 Å². The molecule has 2 heterocycles. The number of furan rings is 1. The number of hydrogen-bond donors (Lipinski definition) is 1. The van der Waals surface area contributed by atoms with Crippen molar-refractivity contribution in [3.05, 3.63) is 83.1 Å². The van der Waals surface area contributed by atoms with Gasteiger partial charge in [-0.15, -0.1) is 0 Å². The molecule has 1 aliphatic heterocycles. The lowest BCUT2D eigenvalue weighted by atomic mass is 9.58. The number of carboxylic acid groups (broad SMARTS) is 1. The lowest BCUT2D eigenvalue weighted by molar-refractivity contribution is 0.0651. The quantitative estimate of drug-likeness (QED) is 0.421. The van der Waals surface area contributed by atoms with E-state index in [0.717, 1.165) is 17.4 Å². The Kier molecular flexibility index (Phi) is 5.78. The molecule has 1 N–H and O–H groups in total. The molecule has 1 aliphatic carbocycles. The van der Waals surface area contributed by atoms with Crippen LogP contribution in [0.1, 0.15) is 60.6 Å². The number of para-hydroxylation sites is 1. The van der Waals surface area contributed by atoms with E-state index in [0.29, 0.717) is 36.8 Å². The zero-order valence-electron chi connectivity index (χ0n) is 21.1. The predicted octanol–water partition coefficient (Wildman–Crippen LogP) is 6.43. The summed E-state index contributed by atoms with van der Waals surface area (Å²) in [5, 5.41) is 10.1. The summed E-state index contributed by atoms with van der Waals surface area (Å²) >= 11 is 0. The van der Waals surface area contributed by atoms with Crippen molar-refractivity contribution in [2.75, 3.05) is 19.7 Å². The van der Waals surface area contributed by atoms with Crippen LogP contribution in [0.25, 0.3) is 16.5 Å². The zero-order chi connectivity index (χ0) is 25.7. The van der Waals surface area contributed by atoms with Gasteiger partial charge in [0.15, 0.2) is 17.1 Å². The normalized spacial score (nSPS) is 20.9. The summed E-state index contributed by atoms with van der Waals surface area (Å²) in [5.41, 5.74) is 3.94. The number of rotatable bonds is 5. The fourth-order valence-corrected chi connectivity index (χ4v) is 5.92. The molecule has 6 heteroatoms. The first kappa shape index (κ1) is 23.9. The highest BCUT2D eigenvalue weighted by atomic mass is 16.5. The van der Waals surface area contributed by atoms with Gasteiger partial charge < -0.3 is 19.2 Å². The molecule has 186 valence electrons. The topological polar surface area (TPSA) is 80.0 Å². The molecule has 0 fully saturated rings. The Hall–Kier alpha value is -3.80. The first-order chi connectivity index (χ1) is 17.1. The van der Waals surface area contributed by atoms with E-state index < -0.39 is 5.97 Å². The van der Waals surface area contributed by atoms with Gasteiger partial charge >= 0.3 is 5.97 Å². The van der Waals surface area contributed by atoms with Gasteiger partial charge in [-0.05, 0) is 48.7 Å². The Morgan fingerprint density at radius 3 is 2.53 bits per heavy atom. The van der Waals surface area contributed by atoms with Crippen molar-refractivity contribution in [3.63, 3.8) is 0 Å². The molecule has 2 aromatic carbocycles. The number of fused-ring (bicyclic) bond motifs is 2. The van der Waals surface area contributed by atoms with Crippen LogP contribution in [-0.4, -0.2) is 41.6 Å². The third kappa shape index (κ3) is 3.91. The first-order valence-electron chi connectivity index (χ1n) is 12.3. The minimum absolute atomic E-state index is 0.123. The monoisotopic (exact) mass is 485 g/mol. The summed E-state index contributed by atoms with van der Waals surface area (Å²) in [6, 6.07) is 14.6. The molecule has 1 amide bonds. The number of benzene rings is 2. The van der Waals surface area contributed by atoms with E-state index in [1.165, 1.54) is 11.1 Å². The number of amides is 1. The highest BCUT2D eigenvalue weighted by Crippen LogP contribution is 2.55. The maximum atomic E-state index is 13.5. The van der Waals surface area contributed by atoms with Gasteiger partial charge in [-0.1, -0.05) is 62.8 Å². The molecule has 0 bridgehead atoms. The van der Waals surface area contributed by atoms with Gasteiger partial charge in [-0.25, -0.2) is 4.79 Å². The summed E-state index contributed by atoms with van der Waals surface area (Å²) in [5.74, 6) is -0.0846. The van der Waals surface area contributed by atoms with Gasteiger partial charge in [0, 0.05) is 29.3 Å². The summed E-state index contributed by atoms with van der Waals surface area (Å²) in [4.78, 5) is 26.6. The Morgan fingerprint density at radius 2 is 1.83 bits per heavy atom. The second kappa shape index (κ2) is 8.70. The molecule has 1 aromatic heterocycles. The number of carbonyl (C=O) groups is 2. The van der Waals surface area contributed by atoms with Crippen molar-refractivity contribution in [2.45, 2.75) is 34.1 Å². The Balaban J connectivity index is 1.42. The van der Waals surface area contributed by atoms with Crippen LogP contribution in [0.4, 0.5) is 0 Å². The second-order valence-corrected chi connectivity index (χ2v) is 10.4. The van der Waals surface area contributed by atoms with Gasteiger partial charge in [0.25, 0.3) is 5.91 Å². The maximum Gasteiger partial charge on any atom is 0.335 e. The summed E-state index contributed by atoms with van der Waals surface area (Å²) in [6.07, 6.45) is 5.22. The molecule has 0 saturated carbocycles. The van der Waals surface area contributed by atoms with Crippen molar-refractivity contribution in [2.24, 2.45) is 10.8 Å². The van der Waals surface area contributed by atoms with E-state index in [2.05, 4.69) is 32.9 Å². The fraction of sp³-hybridized carbons (Fsp3) is 0.333. The number of carbonyl (C=O) groups excluding carboxylic acids is 1. The van der Waals surface area contributed by atoms with E-state index in [1.54, 1.807) is 18.2 Å². The van der Waals surface area contributed by atoms with Gasteiger partial charge in [-0.2, -0.15) is 0 Å². The van der Waals surface area contributed by atoms with Crippen molar-refractivity contribution in [3.8, 4) is 5.75 Å². The van der Waals surface area contributed by atoms with E-state index in [1.807, 2.05) is 42.2 Å². The minimum Gasteiger partial charge on any atom is -0.490 e. The SMILES string of the molecule is CCOc1cccc2cc(C(=O)N3CC=C4C(C)(C)C(c5ccc(C(=O)O)cc5)=CC[C@]4(C)C3)oc12. The molecule has 3 aromatic rings. The van der Waals surface area contributed by atoms with Gasteiger partial charge in [0.05, 0.1) is 12.2 Å². The Bertz CT molecular complexity index is 1410. The predicted molar refractivity (Wildman–Crippen MR) is 139 cm³/mol. The van der Waals surface area contributed by atoms with Crippen molar-refractivity contribution in [1.29, 1.82) is 0 Å². The fourth-order valence-electron chi connectivity index (χ4n) is 5.92. The molecule has 0 radical (unpaired) electrons. The number of allylic oxidation sites excluding steroid dienone is 2. The van der Waals surface area contributed by atoms with Crippen LogP contribution in [0.5, 0.6) is 5.75 Å². The minimum atomic E-state index is -0.927. The van der Waals surface area contributed by atoms with Crippen LogP contribution in [0, 0.1) is 10.8 Å². The highest BCUT2D eigenvalue weighted by molar-refractivity contribution is 5.97. The Morgan fingerprint density at radius 1 is 1.08 bits per heavy atom. The van der Waals surface area contributed by atoms with Crippen molar-refractivity contribution < 1.29 is 23.8 Å². The van der Waals surface area contributed by atoms with E-state index in [-0.39, 0.29) is 22.3 Å². The van der Waals surface area contributed by atoms with Gasteiger partial charge in [0.1, 0.15) is 0 Å². The maximum absolute atomic E-state index is 13.5. The average Bonchev–Trinajstić information content (AvgIpc) is 3.29. The first-order valence-corrected chi connectivity index (χ1v) is 12.3. The largest absolute Gasteiger partial charge is 0.490 e. The molecule has 6 nitrogen and oxygen atoms in total. The molecule has 0 unspecified atom stereocenters. The number of hydrogen-bond acceptors (Lipinski definition) is 4. The molecule has 1 atom stereocenters. The summed E-state index contributed by atoms with van der Waals surface area (Å²) < 4.78 is 11.7. The van der Waals surface area contributed by atoms with E-state index in [9.17, 15) is 14.7 Å².